The summed E-state index contributed by atoms with van der Waals surface area (Å²) in [6, 6.07) is 0. The van der Waals surface area contributed by atoms with E-state index in [-0.39, 0.29) is 0 Å². The highest BCUT2D eigenvalue weighted by atomic mass is 32.1. The minimum atomic E-state index is 1.10. The standard InChI is InChI=1S/C6H11P3/c1-2-3-4-6-5-7-9-8-6/h5,7H,2-4H2,1H3. The Kier molecular flexibility index (Phi) is 3.83. The predicted octanol–water partition coefficient (Wildman–Crippen LogP) is 4.22. The summed E-state index contributed by atoms with van der Waals surface area (Å²) in [4.78, 5) is 0. The molecule has 0 aromatic carbocycles. The van der Waals surface area contributed by atoms with Crippen molar-refractivity contribution < 1.29 is 0 Å². The number of rotatable bonds is 3. The number of aryl methyl sites for hydroxylation is 1. The molecule has 0 aliphatic carbocycles. The lowest BCUT2D eigenvalue weighted by Crippen LogP contribution is -1.74. The maximum atomic E-state index is 2.43. The van der Waals surface area contributed by atoms with Gasteiger partial charge in [0.2, 0.25) is 0 Å². The molecule has 0 N–H and O–H groups in total. The maximum Gasteiger partial charge on any atom is -0.0118 e. The quantitative estimate of drug-likeness (QED) is 0.646. The Morgan fingerprint density at radius 2 is 2.56 bits per heavy atom. The van der Waals surface area contributed by atoms with Crippen molar-refractivity contribution in [2.45, 2.75) is 26.2 Å². The fraction of sp³-hybridized carbons (Fsp3) is 0.667. The molecule has 1 aromatic rings. The lowest BCUT2D eigenvalue weighted by Gasteiger charge is -1.90. The molecule has 0 aliphatic heterocycles. The third-order valence-corrected chi connectivity index (χ3v) is 6.54. The van der Waals surface area contributed by atoms with E-state index in [2.05, 4.69) is 12.7 Å². The Morgan fingerprint density at radius 3 is 3.11 bits per heavy atom. The molecule has 0 radical (unpaired) electrons. The first kappa shape index (κ1) is 7.74. The summed E-state index contributed by atoms with van der Waals surface area (Å²) in [5.41, 5.74) is 0. The highest BCUT2D eigenvalue weighted by molar-refractivity contribution is 8.17. The minimum Gasteiger partial charge on any atom is -0.105 e. The summed E-state index contributed by atoms with van der Waals surface area (Å²) >= 11 is 0. The molecule has 3 heteroatoms. The van der Waals surface area contributed by atoms with Crippen LogP contribution in [0.4, 0.5) is 0 Å². The van der Waals surface area contributed by atoms with E-state index < -0.39 is 0 Å². The normalized spacial score (nSPS) is 12.6. The highest BCUT2D eigenvalue weighted by Gasteiger charge is 1.89. The van der Waals surface area contributed by atoms with Crippen LogP contribution in [0.3, 0.4) is 0 Å². The summed E-state index contributed by atoms with van der Waals surface area (Å²) in [7, 11) is 4.31. The van der Waals surface area contributed by atoms with Crippen molar-refractivity contribution in [3.05, 3.63) is 11.1 Å². The molecule has 1 unspecified atom stereocenters. The summed E-state index contributed by atoms with van der Waals surface area (Å²) in [5.74, 6) is 2.43. The molecular weight excluding hydrogens is 165 g/mol. The number of hydrogen-bond acceptors (Lipinski definition) is 0. The summed E-state index contributed by atoms with van der Waals surface area (Å²) < 4.78 is 0. The molecule has 0 nitrogen and oxygen atoms in total. The van der Waals surface area contributed by atoms with Crippen LogP contribution in [0.1, 0.15) is 25.1 Å². The smallest absolute Gasteiger partial charge is 0.0118 e. The van der Waals surface area contributed by atoms with E-state index in [1.807, 2.05) is 0 Å². The van der Waals surface area contributed by atoms with Gasteiger partial charge in [0.05, 0.1) is 0 Å². The largest absolute Gasteiger partial charge is 0.105 e. The first-order chi connectivity index (χ1) is 4.43. The zero-order valence-electron chi connectivity index (χ0n) is 5.59. The summed E-state index contributed by atoms with van der Waals surface area (Å²) in [6.07, 6.45) is 4.09. The van der Waals surface area contributed by atoms with Crippen molar-refractivity contribution in [2.24, 2.45) is 0 Å². The van der Waals surface area contributed by atoms with Gasteiger partial charge >= 0.3 is 0 Å². The zero-order valence-corrected chi connectivity index (χ0v) is 8.38. The van der Waals surface area contributed by atoms with Crippen molar-refractivity contribution in [3.8, 4) is 0 Å². The lowest BCUT2D eigenvalue weighted by molar-refractivity contribution is 0.805. The van der Waals surface area contributed by atoms with Crippen LogP contribution in [0.25, 0.3) is 0 Å². The van der Waals surface area contributed by atoms with Gasteiger partial charge in [-0.1, -0.05) is 13.3 Å². The van der Waals surface area contributed by atoms with E-state index in [1.54, 1.807) is 20.7 Å². The van der Waals surface area contributed by atoms with Gasteiger partial charge in [-0.2, -0.15) is 0 Å². The Bertz CT molecular complexity index is 145. The van der Waals surface area contributed by atoms with Gasteiger partial charge in [0.25, 0.3) is 0 Å². The van der Waals surface area contributed by atoms with E-state index >= 15 is 0 Å². The first-order valence-electron chi connectivity index (χ1n) is 3.29. The van der Waals surface area contributed by atoms with Gasteiger partial charge in [0.1, 0.15) is 0 Å². The molecule has 0 saturated carbocycles. The lowest BCUT2D eigenvalue weighted by atomic mass is 10.2. The second-order valence-corrected chi connectivity index (χ2v) is 7.36. The van der Waals surface area contributed by atoms with E-state index in [1.165, 1.54) is 19.3 Å². The molecular formula is C6H11P3. The van der Waals surface area contributed by atoms with Gasteiger partial charge in [-0.05, 0) is 39.4 Å². The summed E-state index contributed by atoms with van der Waals surface area (Å²) in [5, 5.41) is 1.69. The van der Waals surface area contributed by atoms with Crippen molar-refractivity contribution in [1.29, 1.82) is 0 Å². The van der Waals surface area contributed by atoms with E-state index in [4.69, 9.17) is 0 Å². The Balaban J connectivity index is 2.30. The number of hydrogen-bond donors (Lipinski definition) is 0. The molecule has 0 fully saturated rings. The Labute approximate surface area is 61.2 Å². The fourth-order valence-electron chi connectivity index (χ4n) is 0.705. The topological polar surface area (TPSA) is 0 Å². The average Bonchev–Trinajstić information content (AvgIpc) is 2.34. The van der Waals surface area contributed by atoms with E-state index in [9.17, 15) is 0 Å². The van der Waals surface area contributed by atoms with Gasteiger partial charge in [0.15, 0.2) is 0 Å². The van der Waals surface area contributed by atoms with Crippen LogP contribution in [0.2, 0.25) is 0 Å². The van der Waals surface area contributed by atoms with Crippen LogP contribution >= 0.6 is 23.3 Å². The molecule has 0 saturated heterocycles. The predicted molar refractivity (Wildman–Crippen MR) is 49.6 cm³/mol. The van der Waals surface area contributed by atoms with Gasteiger partial charge in [-0.25, -0.2) is 0 Å². The SMILES string of the molecule is CCCCc1c[pH]pp1. The van der Waals surface area contributed by atoms with E-state index in [0.29, 0.717) is 0 Å². The van der Waals surface area contributed by atoms with Crippen LogP contribution in [-0.2, 0) is 6.42 Å². The number of unbranched alkanes of at least 4 members (excludes halogenated alkanes) is 1. The van der Waals surface area contributed by atoms with Crippen LogP contribution in [0.5, 0.6) is 0 Å². The van der Waals surface area contributed by atoms with Gasteiger partial charge in [-0.15, -0.1) is 7.87 Å². The van der Waals surface area contributed by atoms with Gasteiger partial charge in [0, 0.05) is 0 Å². The molecule has 0 bridgehead atoms. The van der Waals surface area contributed by atoms with Gasteiger partial charge in [-0.3, -0.25) is 0 Å². The van der Waals surface area contributed by atoms with Crippen molar-refractivity contribution >= 4 is 23.3 Å². The zero-order chi connectivity index (χ0) is 6.53. The summed E-state index contributed by atoms with van der Waals surface area (Å²) in [6.45, 7) is 2.26. The van der Waals surface area contributed by atoms with Crippen molar-refractivity contribution in [1.82, 2.24) is 0 Å². The van der Waals surface area contributed by atoms with Crippen LogP contribution in [-0.4, -0.2) is 0 Å². The average molecular weight is 176 g/mol. The van der Waals surface area contributed by atoms with Crippen LogP contribution in [0.15, 0.2) is 5.80 Å². The third kappa shape index (κ3) is 2.81. The molecule has 50 valence electrons. The molecule has 1 rings (SSSR count). The monoisotopic (exact) mass is 176 g/mol. The Morgan fingerprint density at radius 1 is 1.67 bits per heavy atom. The van der Waals surface area contributed by atoms with Crippen molar-refractivity contribution in [2.75, 3.05) is 0 Å². The third-order valence-electron chi connectivity index (χ3n) is 1.25. The molecule has 1 atom stereocenters. The van der Waals surface area contributed by atoms with Crippen molar-refractivity contribution in [3.63, 3.8) is 0 Å². The first-order valence-corrected chi connectivity index (χ1v) is 7.70. The van der Waals surface area contributed by atoms with E-state index in [0.717, 1.165) is 7.87 Å². The molecule has 1 heterocycles. The molecule has 1 aromatic heterocycles. The van der Waals surface area contributed by atoms with Gasteiger partial charge < -0.3 is 0 Å². The maximum absolute atomic E-state index is 2.43. The molecule has 0 aliphatic rings. The highest BCUT2D eigenvalue weighted by Crippen LogP contribution is 2.36. The second-order valence-electron chi connectivity index (χ2n) is 2.07. The minimum absolute atomic E-state index is 1.10. The molecule has 9 heavy (non-hydrogen) atoms. The second kappa shape index (κ2) is 4.45. The molecule has 0 spiro atoms. The van der Waals surface area contributed by atoms with Crippen LogP contribution in [0, 0.1) is 0 Å². The molecule has 0 amide bonds. The van der Waals surface area contributed by atoms with Crippen LogP contribution < -0.4 is 0 Å². The fourth-order valence-corrected chi connectivity index (χ4v) is 6.45. The Hall–Kier alpha value is 0.640.